The molecule has 3 rings (SSSR count). The topological polar surface area (TPSA) is 44.3 Å². The van der Waals surface area contributed by atoms with Crippen LogP contribution in [0.3, 0.4) is 0 Å². The van der Waals surface area contributed by atoms with Gasteiger partial charge in [0.2, 0.25) is 0 Å². The molecular weight excluding hydrogens is 236 g/mol. The van der Waals surface area contributed by atoms with E-state index in [1.54, 1.807) is 0 Å². The van der Waals surface area contributed by atoms with Crippen LogP contribution in [0.25, 0.3) is 0 Å². The van der Waals surface area contributed by atoms with Crippen LogP contribution in [0.2, 0.25) is 0 Å². The summed E-state index contributed by atoms with van der Waals surface area (Å²) in [5, 5.41) is 17.2. The molecule has 0 aromatic rings. The molecule has 1 aliphatic heterocycles. The molecule has 2 saturated carbocycles. The fourth-order valence-electron chi connectivity index (χ4n) is 4.52. The third-order valence-corrected chi connectivity index (χ3v) is 5.62. The van der Waals surface area contributed by atoms with E-state index in [2.05, 4.69) is 10.6 Å². The molecule has 0 amide bonds. The van der Waals surface area contributed by atoms with E-state index in [4.69, 9.17) is 0 Å². The molecule has 3 fully saturated rings. The van der Waals surface area contributed by atoms with E-state index in [0.29, 0.717) is 0 Å². The van der Waals surface area contributed by atoms with Crippen molar-refractivity contribution in [2.24, 2.45) is 11.8 Å². The van der Waals surface area contributed by atoms with Crippen LogP contribution in [0.1, 0.15) is 57.8 Å². The van der Waals surface area contributed by atoms with Crippen LogP contribution in [-0.2, 0) is 0 Å². The Kier molecular flexibility index (Phi) is 4.78. The van der Waals surface area contributed by atoms with E-state index < -0.39 is 0 Å². The maximum atomic E-state index is 9.61. The highest BCUT2D eigenvalue weighted by atomic mass is 16.3. The smallest absolute Gasteiger partial charge is 0.0543 e. The number of aliphatic hydroxyl groups excluding tert-OH is 1. The highest BCUT2D eigenvalue weighted by Gasteiger charge is 2.34. The van der Waals surface area contributed by atoms with Gasteiger partial charge in [0.15, 0.2) is 0 Å². The molecule has 0 radical (unpaired) electrons. The zero-order chi connectivity index (χ0) is 13.1. The van der Waals surface area contributed by atoms with E-state index in [1.165, 1.54) is 51.5 Å². The molecule has 110 valence electrons. The molecule has 0 bridgehead atoms. The van der Waals surface area contributed by atoms with Gasteiger partial charge in [0.05, 0.1) is 6.10 Å². The Morgan fingerprint density at radius 1 is 1.00 bits per heavy atom. The Balaban J connectivity index is 1.46. The summed E-state index contributed by atoms with van der Waals surface area (Å²) in [6.07, 6.45) is 11.5. The highest BCUT2D eigenvalue weighted by Crippen LogP contribution is 2.32. The number of piperidine rings is 1. The van der Waals surface area contributed by atoms with Crippen LogP contribution in [-0.4, -0.2) is 36.4 Å². The predicted octanol–water partition coefficient (Wildman–Crippen LogP) is 2.05. The molecule has 2 aliphatic carbocycles. The predicted molar refractivity (Wildman–Crippen MR) is 78.1 cm³/mol. The first-order valence-corrected chi connectivity index (χ1v) is 8.48. The van der Waals surface area contributed by atoms with Crippen molar-refractivity contribution in [1.29, 1.82) is 0 Å². The standard InChI is InChI=1S/C16H30N2O/c19-13-8-7-12(10-13)11-18-16-6-3-4-14(16)15-5-1-2-9-17-15/h12-19H,1-11H2. The lowest BCUT2D eigenvalue weighted by Crippen LogP contribution is -2.47. The van der Waals surface area contributed by atoms with Crippen LogP contribution in [0.4, 0.5) is 0 Å². The maximum Gasteiger partial charge on any atom is 0.0543 e. The van der Waals surface area contributed by atoms with Gasteiger partial charge in [0, 0.05) is 12.1 Å². The SMILES string of the molecule is OC1CCC(CNC2CCCC2C2CCCCN2)C1. The van der Waals surface area contributed by atoms with Crippen LogP contribution in [0.15, 0.2) is 0 Å². The van der Waals surface area contributed by atoms with E-state index >= 15 is 0 Å². The summed E-state index contributed by atoms with van der Waals surface area (Å²) in [6.45, 7) is 2.35. The molecule has 3 aliphatic rings. The number of hydrogen-bond acceptors (Lipinski definition) is 3. The van der Waals surface area contributed by atoms with E-state index in [-0.39, 0.29) is 6.10 Å². The van der Waals surface area contributed by atoms with Gasteiger partial charge in [-0.25, -0.2) is 0 Å². The van der Waals surface area contributed by atoms with Gasteiger partial charge in [-0.05, 0) is 69.9 Å². The quantitative estimate of drug-likeness (QED) is 0.730. The molecular formula is C16H30N2O. The first kappa shape index (κ1) is 13.8. The second-order valence-corrected chi connectivity index (χ2v) is 7.00. The first-order valence-electron chi connectivity index (χ1n) is 8.48. The third-order valence-electron chi connectivity index (χ3n) is 5.62. The molecule has 5 atom stereocenters. The van der Waals surface area contributed by atoms with E-state index in [1.807, 2.05) is 0 Å². The molecule has 0 spiro atoms. The van der Waals surface area contributed by atoms with Crippen molar-refractivity contribution < 1.29 is 5.11 Å². The van der Waals surface area contributed by atoms with Gasteiger partial charge in [0.1, 0.15) is 0 Å². The summed E-state index contributed by atoms with van der Waals surface area (Å²) in [7, 11) is 0. The summed E-state index contributed by atoms with van der Waals surface area (Å²) < 4.78 is 0. The molecule has 5 unspecified atom stereocenters. The average molecular weight is 266 g/mol. The molecule has 1 heterocycles. The Morgan fingerprint density at radius 3 is 2.68 bits per heavy atom. The minimum atomic E-state index is -0.0220. The number of aliphatic hydroxyl groups is 1. The minimum absolute atomic E-state index is 0.0220. The Labute approximate surface area is 117 Å². The van der Waals surface area contributed by atoms with Gasteiger partial charge in [-0.1, -0.05) is 12.8 Å². The van der Waals surface area contributed by atoms with Gasteiger partial charge >= 0.3 is 0 Å². The molecule has 0 aromatic carbocycles. The Hall–Kier alpha value is -0.120. The van der Waals surface area contributed by atoms with Crippen molar-refractivity contribution in [1.82, 2.24) is 10.6 Å². The van der Waals surface area contributed by atoms with Gasteiger partial charge in [-0.15, -0.1) is 0 Å². The van der Waals surface area contributed by atoms with Gasteiger partial charge < -0.3 is 15.7 Å². The minimum Gasteiger partial charge on any atom is -0.393 e. The van der Waals surface area contributed by atoms with Crippen molar-refractivity contribution in [3.63, 3.8) is 0 Å². The molecule has 19 heavy (non-hydrogen) atoms. The van der Waals surface area contributed by atoms with E-state index in [0.717, 1.165) is 43.3 Å². The largest absolute Gasteiger partial charge is 0.393 e. The molecule has 3 N–H and O–H groups in total. The fraction of sp³-hybridized carbons (Fsp3) is 1.00. The number of rotatable bonds is 4. The normalized spacial score (nSPS) is 43.7. The number of hydrogen-bond donors (Lipinski definition) is 3. The van der Waals surface area contributed by atoms with Crippen molar-refractivity contribution >= 4 is 0 Å². The zero-order valence-electron chi connectivity index (χ0n) is 12.1. The first-order chi connectivity index (χ1) is 9.33. The van der Waals surface area contributed by atoms with Crippen LogP contribution in [0, 0.1) is 11.8 Å². The summed E-state index contributed by atoms with van der Waals surface area (Å²) in [4.78, 5) is 0. The molecule has 3 heteroatoms. The van der Waals surface area contributed by atoms with Crippen molar-refractivity contribution in [3.8, 4) is 0 Å². The maximum absolute atomic E-state index is 9.61. The summed E-state index contributed by atoms with van der Waals surface area (Å²) in [5.41, 5.74) is 0. The fourth-order valence-corrected chi connectivity index (χ4v) is 4.52. The molecule has 1 saturated heterocycles. The van der Waals surface area contributed by atoms with Gasteiger partial charge in [-0.2, -0.15) is 0 Å². The summed E-state index contributed by atoms with van der Waals surface area (Å²) >= 11 is 0. The number of nitrogens with one attached hydrogen (secondary N) is 2. The summed E-state index contributed by atoms with van der Waals surface area (Å²) in [5.74, 6) is 1.57. The second kappa shape index (κ2) is 6.55. The lowest BCUT2D eigenvalue weighted by atomic mass is 9.88. The van der Waals surface area contributed by atoms with E-state index in [9.17, 15) is 5.11 Å². The molecule has 3 nitrogen and oxygen atoms in total. The second-order valence-electron chi connectivity index (χ2n) is 7.00. The lowest BCUT2D eigenvalue weighted by molar-refractivity contribution is 0.176. The lowest BCUT2D eigenvalue weighted by Gasteiger charge is -2.33. The van der Waals surface area contributed by atoms with Crippen LogP contribution in [0.5, 0.6) is 0 Å². The van der Waals surface area contributed by atoms with Gasteiger partial charge in [-0.3, -0.25) is 0 Å². The monoisotopic (exact) mass is 266 g/mol. The Bertz CT molecular complexity index is 278. The average Bonchev–Trinajstić information content (AvgIpc) is 3.06. The highest BCUT2D eigenvalue weighted by molar-refractivity contribution is 4.93. The van der Waals surface area contributed by atoms with Crippen molar-refractivity contribution in [2.75, 3.05) is 13.1 Å². The van der Waals surface area contributed by atoms with Crippen molar-refractivity contribution in [2.45, 2.75) is 76.0 Å². The molecule has 0 aromatic heterocycles. The zero-order valence-corrected chi connectivity index (χ0v) is 12.1. The van der Waals surface area contributed by atoms with Gasteiger partial charge in [0.25, 0.3) is 0 Å². The van der Waals surface area contributed by atoms with Crippen LogP contribution >= 0.6 is 0 Å². The van der Waals surface area contributed by atoms with Crippen LogP contribution < -0.4 is 10.6 Å². The Morgan fingerprint density at radius 2 is 1.95 bits per heavy atom. The summed E-state index contributed by atoms with van der Waals surface area (Å²) in [6, 6.07) is 1.50. The third kappa shape index (κ3) is 3.50. The van der Waals surface area contributed by atoms with Crippen molar-refractivity contribution in [3.05, 3.63) is 0 Å².